The highest BCUT2D eigenvalue weighted by Gasteiger charge is 2.17. The molecular formula is C13H12BrClFNO. The second-order valence-electron chi connectivity index (χ2n) is 3.93. The summed E-state index contributed by atoms with van der Waals surface area (Å²) in [5, 5.41) is 3.45. The number of halogens is 3. The molecule has 96 valence electrons. The van der Waals surface area contributed by atoms with Gasteiger partial charge in [-0.05, 0) is 54.9 Å². The lowest BCUT2D eigenvalue weighted by Gasteiger charge is -2.15. The number of rotatable bonds is 4. The molecule has 1 atom stereocenters. The summed E-state index contributed by atoms with van der Waals surface area (Å²) in [6.45, 7) is 0. The predicted octanol–water partition coefficient (Wildman–Crippen LogP) is 4.34. The van der Waals surface area contributed by atoms with E-state index >= 15 is 0 Å². The van der Waals surface area contributed by atoms with E-state index in [0.717, 1.165) is 10.0 Å². The number of hydrogen-bond donors (Lipinski definition) is 1. The largest absolute Gasteiger partial charge is 0.453 e. The quantitative estimate of drug-likeness (QED) is 0.901. The lowest BCUT2D eigenvalue weighted by molar-refractivity contribution is 0.532. The SMILES string of the molecule is CNC(Cc1cc(Br)ccc1F)c1ccoc1Cl. The van der Waals surface area contributed by atoms with E-state index in [-0.39, 0.29) is 11.9 Å². The van der Waals surface area contributed by atoms with E-state index in [1.807, 2.05) is 7.05 Å². The van der Waals surface area contributed by atoms with Crippen molar-refractivity contribution >= 4 is 27.5 Å². The summed E-state index contributed by atoms with van der Waals surface area (Å²) >= 11 is 9.28. The van der Waals surface area contributed by atoms with E-state index in [4.69, 9.17) is 16.0 Å². The molecule has 0 bridgehead atoms. The Morgan fingerprint density at radius 1 is 1.44 bits per heavy atom. The van der Waals surface area contributed by atoms with Crippen LogP contribution in [0.4, 0.5) is 4.39 Å². The van der Waals surface area contributed by atoms with Gasteiger partial charge in [-0.25, -0.2) is 4.39 Å². The van der Waals surface area contributed by atoms with Gasteiger partial charge in [0.2, 0.25) is 0 Å². The Morgan fingerprint density at radius 3 is 2.83 bits per heavy atom. The molecule has 0 aliphatic heterocycles. The summed E-state index contributed by atoms with van der Waals surface area (Å²) in [4.78, 5) is 0. The smallest absolute Gasteiger partial charge is 0.197 e. The molecule has 1 aromatic heterocycles. The fourth-order valence-corrected chi connectivity index (χ4v) is 2.50. The van der Waals surface area contributed by atoms with Gasteiger partial charge in [-0.15, -0.1) is 0 Å². The molecule has 1 unspecified atom stereocenters. The first-order valence-electron chi connectivity index (χ1n) is 5.46. The molecule has 0 saturated heterocycles. The van der Waals surface area contributed by atoms with E-state index < -0.39 is 0 Å². The van der Waals surface area contributed by atoms with Gasteiger partial charge in [-0.1, -0.05) is 15.9 Å². The summed E-state index contributed by atoms with van der Waals surface area (Å²) in [5.41, 5.74) is 1.46. The third-order valence-corrected chi connectivity index (χ3v) is 3.60. The molecule has 0 amide bonds. The van der Waals surface area contributed by atoms with Gasteiger partial charge < -0.3 is 9.73 Å². The molecule has 2 rings (SSSR count). The van der Waals surface area contributed by atoms with Gasteiger partial charge in [-0.3, -0.25) is 0 Å². The molecule has 0 radical (unpaired) electrons. The summed E-state index contributed by atoms with van der Waals surface area (Å²) in [6, 6.07) is 6.61. The maximum absolute atomic E-state index is 13.7. The molecule has 0 spiro atoms. The molecule has 2 aromatic rings. The van der Waals surface area contributed by atoms with Crippen molar-refractivity contribution in [1.82, 2.24) is 5.32 Å². The zero-order valence-corrected chi connectivity index (χ0v) is 12.1. The normalized spacial score (nSPS) is 12.7. The van der Waals surface area contributed by atoms with Crippen LogP contribution in [0.1, 0.15) is 17.2 Å². The van der Waals surface area contributed by atoms with Crippen LogP contribution in [-0.2, 0) is 6.42 Å². The highest BCUT2D eigenvalue weighted by Crippen LogP contribution is 2.28. The lowest BCUT2D eigenvalue weighted by atomic mass is 10.0. The van der Waals surface area contributed by atoms with Crippen LogP contribution in [0.15, 0.2) is 39.4 Å². The van der Waals surface area contributed by atoms with Crippen molar-refractivity contribution in [3.05, 3.63) is 57.2 Å². The maximum Gasteiger partial charge on any atom is 0.197 e. The van der Waals surface area contributed by atoms with E-state index in [1.165, 1.54) is 12.3 Å². The zero-order valence-electron chi connectivity index (χ0n) is 9.71. The van der Waals surface area contributed by atoms with E-state index in [2.05, 4.69) is 21.2 Å². The predicted molar refractivity (Wildman–Crippen MR) is 73.3 cm³/mol. The zero-order chi connectivity index (χ0) is 13.1. The Balaban J connectivity index is 2.26. The maximum atomic E-state index is 13.7. The first-order valence-corrected chi connectivity index (χ1v) is 6.63. The summed E-state index contributed by atoms with van der Waals surface area (Å²) < 4.78 is 19.6. The number of furan rings is 1. The van der Waals surface area contributed by atoms with Gasteiger partial charge in [0, 0.05) is 16.1 Å². The molecule has 0 aliphatic rings. The third-order valence-electron chi connectivity index (χ3n) is 2.80. The van der Waals surface area contributed by atoms with Crippen LogP contribution in [0.25, 0.3) is 0 Å². The topological polar surface area (TPSA) is 25.2 Å². The molecule has 2 nitrogen and oxygen atoms in total. The van der Waals surface area contributed by atoms with Gasteiger partial charge in [0.1, 0.15) is 5.82 Å². The average molecular weight is 333 g/mol. The Morgan fingerprint density at radius 2 is 2.22 bits per heavy atom. The highest BCUT2D eigenvalue weighted by atomic mass is 79.9. The van der Waals surface area contributed by atoms with Crippen molar-refractivity contribution in [2.75, 3.05) is 7.05 Å². The Hall–Kier alpha value is -0.840. The van der Waals surface area contributed by atoms with Crippen molar-refractivity contribution in [3.8, 4) is 0 Å². The van der Waals surface area contributed by atoms with Crippen LogP contribution in [0.3, 0.4) is 0 Å². The summed E-state index contributed by atoms with van der Waals surface area (Å²) in [7, 11) is 1.81. The second-order valence-corrected chi connectivity index (χ2v) is 5.19. The first-order chi connectivity index (χ1) is 8.61. The van der Waals surface area contributed by atoms with Crippen LogP contribution in [0.5, 0.6) is 0 Å². The van der Waals surface area contributed by atoms with Gasteiger partial charge in [0.25, 0.3) is 0 Å². The monoisotopic (exact) mass is 331 g/mol. The van der Waals surface area contributed by atoms with Crippen LogP contribution in [0.2, 0.25) is 5.22 Å². The Kier molecular flexibility index (Phi) is 4.43. The van der Waals surface area contributed by atoms with Crippen molar-refractivity contribution in [3.63, 3.8) is 0 Å². The molecule has 1 N–H and O–H groups in total. The van der Waals surface area contributed by atoms with E-state index in [9.17, 15) is 4.39 Å². The molecule has 5 heteroatoms. The van der Waals surface area contributed by atoms with Gasteiger partial charge in [0.05, 0.1) is 6.26 Å². The standard InChI is InChI=1S/C13H12BrClFNO/c1-17-12(10-4-5-18-13(10)15)7-8-6-9(14)2-3-11(8)16/h2-6,12,17H,7H2,1H3. The number of nitrogens with one attached hydrogen (secondary N) is 1. The fourth-order valence-electron chi connectivity index (χ4n) is 1.84. The van der Waals surface area contributed by atoms with Crippen LogP contribution < -0.4 is 5.32 Å². The van der Waals surface area contributed by atoms with Crippen molar-refractivity contribution in [2.45, 2.75) is 12.5 Å². The lowest BCUT2D eigenvalue weighted by Crippen LogP contribution is -2.19. The minimum Gasteiger partial charge on any atom is -0.453 e. The van der Waals surface area contributed by atoms with Crippen molar-refractivity contribution in [1.29, 1.82) is 0 Å². The molecule has 1 aromatic carbocycles. The third kappa shape index (κ3) is 2.94. The first kappa shape index (κ1) is 13.6. The van der Waals surface area contributed by atoms with Crippen LogP contribution in [0, 0.1) is 5.82 Å². The summed E-state index contributed by atoms with van der Waals surface area (Å²) in [6.07, 6.45) is 2.03. The van der Waals surface area contributed by atoms with Crippen molar-refractivity contribution < 1.29 is 8.81 Å². The minimum absolute atomic E-state index is 0.0833. The van der Waals surface area contributed by atoms with Gasteiger partial charge in [0.15, 0.2) is 5.22 Å². The van der Waals surface area contributed by atoms with Crippen LogP contribution >= 0.6 is 27.5 Å². The molecule has 0 aliphatic carbocycles. The summed E-state index contributed by atoms with van der Waals surface area (Å²) in [5.74, 6) is -0.224. The van der Waals surface area contributed by atoms with Crippen molar-refractivity contribution in [2.24, 2.45) is 0 Å². The van der Waals surface area contributed by atoms with Gasteiger partial charge in [-0.2, -0.15) is 0 Å². The number of likely N-dealkylation sites (N-methyl/N-ethyl adjacent to an activating group) is 1. The minimum atomic E-state index is -0.224. The Labute approximate surface area is 118 Å². The fraction of sp³-hybridized carbons (Fsp3) is 0.231. The second kappa shape index (κ2) is 5.87. The number of hydrogen-bond acceptors (Lipinski definition) is 2. The molecule has 0 saturated carbocycles. The van der Waals surface area contributed by atoms with E-state index in [0.29, 0.717) is 17.2 Å². The van der Waals surface area contributed by atoms with E-state index in [1.54, 1.807) is 18.2 Å². The highest BCUT2D eigenvalue weighted by molar-refractivity contribution is 9.10. The molecule has 1 heterocycles. The molecular weight excluding hydrogens is 321 g/mol. The Bertz CT molecular complexity index is 544. The van der Waals surface area contributed by atoms with Crippen LogP contribution in [-0.4, -0.2) is 7.05 Å². The number of benzene rings is 1. The molecule has 0 fully saturated rings. The molecule has 18 heavy (non-hydrogen) atoms. The average Bonchev–Trinajstić information content (AvgIpc) is 2.77. The van der Waals surface area contributed by atoms with Gasteiger partial charge >= 0.3 is 0 Å².